The molecule has 1 fully saturated rings. The first kappa shape index (κ1) is 20.3. The first-order chi connectivity index (χ1) is 14.8. The summed E-state index contributed by atoms with van der Waals surface area (Å²) in [5.74, 6) is -1.52. The average molecular weight is 436 g/mol. The van der Waals surface area contributed by atoms with Gasteiger partial charge >= 0.3 is 6.36 Å². The van der Waals surface area contributed by atoms with E-state index < -0.39 is 29.3 Å². The third kappa shape index (κ3) is 3.68. The Morgan fingerprint density at radius 3 is 2.16 bits per heavy atom. The normalized spacial score (nSPS) is 20.5. The molecule has 1 heterocycles. The largest absolute Gasteiger partial charge is 0.573 e. The number of rotatable bonds is 3. The zero-order valence-corrected chi connectivity index (χ0v) is 16.7. The summed E-state index contributed by atoms with van der Waals surface area (Å²) in [6, 6.07) is 5.40. The molecule has 1 unspecified atom stereocenters. The maximum atomic E-state index is 15.3. The van der Waals surface area contributed by atoms with Gasteiger partial charge in [0.15, 0.2) is 22.7 Å². The maximum absolute atomic E-state index is 15.3. The van der Waals surface area contributed by atoms with E-state index in [9.17, 15) is 17.6 Å². The van der Waals surface area contributed by atoms with Crippen molar-refractivity contribution in [2.45, 2.75) is 51.3 Å². The summed E-state index contributed by atoms with van der Waals surface area (Å²) in [6.45, 7) is 0. The number of hydrogen-bond acceptors (Lipinski definition) is 2. The molecule has 1 aromatic heterocycles. The van der Waals surface area contributed by atoms with Gasteiger partial charge in [0.25, 0.3) is 0 Å². The number of alkyl halides is 3. The van der Waals surface area contributed by atoms with E-state index in [2.05, 4.69) is 10.8 Å². The van der Waals surface area contributed by atoms with Crippen LogP contribution in [0.4, 0.5) is 22.0 Å². The molecule has 0 radical (unpaired) electrons. The Kier molecular flexibility index (Phi) is 4.94. The van der Waals surface area contributed by atoms with Gasteiger partial charge in [-0.15, -0.1) is 13.2 Å². The van der Waals surface area contributed by atoms with E-state index in [1.165, 1.54) is 31.7 Å². The van der Waals surface area contributed by atoms with E-state index in [1.807, 2.05) is 0 Å². The van der Waals surface area contributed by atoms with E-state index in [-0.39, 0.29) is 11.0 Å². The highest BCUT2D eigenvalue weighted by molar-refractivity contribution is 6.06. The highest BCUT2D eigenvalue weighted by atomic mass is 19.4. The van der Waals surface area contributed by atoms with Crippen LogP contribution in [0.1, 0.15) is 50.5 Å². The van der Waals surface area contributed by atoms with Crippen molar-refractivity contribution in [3.63, 3.8) is 0 Å². The predicted octanol–water partition coefficient (Wildman–Crippen LogP) is 8.14. The zero-order chi connectivity index (χ0) is 21.8. The van der Waals surface area contributed by atoms with E-state index >= 15 is 4.39 Å². The summed E-state index contributed by atoms with van der Waals surface area (Å²) in [6.07, 6.45) is 4.89. The van der Waals surface area contributed by atoms with Crippen molar-refractivity contribution in [3.8, 4) is 5.75 Å². The van der Waals surface area contributed by atoms with E-state index in [0.717, 1.165) is 36.8 Å². The number of ether oxygens (including phenoxy) is 1. The first-order valence-corrected chi connectivity index (χ1v) is 10.6. The minimum atomic E-state index is -5.04. The lowest BCUT2D eigenvalue weighted by molar-refractivity contribution is -0.275. The number of benzene rings is 2. The molecular formula is C24H21F5O2. The van der Waals surface area contributed by atoms with Crippen LogP contribution >= 0.6 is 0 Å². The third-order valence-electron chi connectivity index (χ3n) is 6.74. The molecule has 2 aliphatic carbocycles. The SMILES string of the molecule is Fc1c(OC(F)(F)F)ccc2c1oc1c(F)c(C3=CCC(C4CCCC4)CC3)ccc12. The predicted molar refractivity (Wildman–Crippen MR) is 108 cm³/mol. The zero-order valence-electron chi connectivity index (χ0n) is 16.7. The Balaban J connectivity index is 1.51. The van der Waals surface area contributed by atoms with Crippen LogP contribution in [-0.4, -0.2) is 6.36 Å². The van der Waals surface area contributed by atoms with Crippen LogP contribution in [0, 0.1) is 23.5 Å². The lowest BCUT2D eigenvalue weighted by Crippen LogP contribution is -2.17. The Morgan fingerprint density at radius 2 is 1.52 bits per heavy atom. The van der Waals surface area contributed by atoms with E-state index in [0.29, 0.717) is 16.9 Å². The highest BCUT2D eigenvalue weighted by Gasteiger charge is 2.33. The fourth-order valence-corrected chi connectivity index (χ4v) is 5.23. The number of hydrogen-bond donors (Lipinski definition) is 0. The van der Waals surface area contributed by atoms with Crippen molar-refractivity contribution in [2.24, 2.45) is 11.8 Å². The molecule has 1 saturated carbocycles. The standard InChI is InChI=1S/C24H21F5O2/c25-20-16(15-7-5-14(6-8-15)13-3-1-2-4-13)9-10-17-18-11-12-19(31-24(27,28)29)21(26)23(18)30-22(17)20/h7,9-14H,1-6,8H2. The molecule has 0 aliphatic heterocycles. The lowest BCUT2D eigenvalue weighted by Gasteiger charge is -2.27. The van der Waals surface area contributed by atoms with Gasteiger partial charge in [0, 0.05) is 16.3 Å². The molecule has 7 heteroatoms. The smallest absolute Gasteiger partial charge is 0.450 e. The second-order valence-corrected chi connectivity index (χ2v) is 8.52. The molecule has 1 atom stereocenters. The fourth-order valence-electron chi connectivity index (χ4n) is 5.23. The maximum Gasteiger partial charge on any atom is 0.573 e. The molecule has 0 amide bonds. The van der Waals surface area contributed by atoms with Crippen LogP contribution in [0.15, 0.2) is 34.8 Å². The quantitative estimate of drug-likeness (QED) is 0.387. The van der Waals surface area contributed by atoms with Gasteiger partial charge in [0.1, 0.15) is 0 Å². The van der Waals surface area contributed by atoms with E-state index in [1.54, 1.807) is 12.1 Å². The van der Waals surface area contributed by atoms with Crippen molar-refractivity contribution < 1.29 is 31.1 Å². The molecule has 0 N–H and O–H groups in total. The molecule has 2 nitrogen and oxygen atoms in total. The van der Waals surface area contributed by atoms with Crippen LogP contribution in [0.2, 0.25) is 0 Å². The summed E-state index contributed by atoms with van der Waals surface area (Å²) >= 11 is 0. The number of furan rings is 1. The second kappa shape index (κ2) is 7.53. The molecule has 5 rings (SSSR count). The van der Waals surface area contributed by atoms with Gasteiger partial charge in [-0.25, -0.2) is 4.39 Å². The van der Waals surface area contributed by atoms with Crippen molar-refractivity contribution in [2.75, 3.05) is 0 Å². The van der Waals surface area contributed by atoms with Crippen molar-refractivity contribution in [3.05, 3.63) is 47.5 Å². The van der Waals surface area contributed by atoms with Gasteiger partial charge in [0.05, 0.1) is 0 Å². The van der Waals surface area contributed by atoms with Crippen LogP contribution < -0.4 is 4.74 Å². The van der Waals surface area contributed by atoms with Gasteiger partial charge in [-0.3, -0.25) is 0 Å². The number of allylic oxidation sites excluding steroid dienone is 2. The van der Waals surface area contributed by atoms with Crippen LogP contribution in [-0.2, 0) is 0 Å². The molecule has 2 aromatic carbocycles. The van der Waals surface area contributed by atoms with Gasteiger partial charge < -0.3 is 9.15 Å². The Morgan fingerprint density at radius 1 is 0.839 bits per heavy atom. The summed E-state index contributed by atoms with van der Waals surface area (Å²) in [5, 5.41) is 0.514. The summed E-state index contributed by atoms with van der Waals surface area (Å²) < 4.78 is 76.4. The molecule has 0 spiro atoms. The Hall–Kier alpha value is -2.57. The average Bonchev–Trinajstić information content (AvgIpc) is 3.39. The van der Waals surface area contributed by atoms with Crippen LogP contribution in [0.25, 0.3) is 27.5 Å². The molecule has 31 heavy (non-hydrogen) atoms. The summed E-state index contributed by atoms with van der Waals surface area (Å²) in [7, 11) is 0. The molecule has 0 saturated heterocycles. The van der Waals surface area contributed by atoms with Gasteiger partial charge in [-0.1, -0.05) is 37.8 Å². The number of fused-ring (bicyclic) bond motifs is 3. The third-order valence-corrected chi connectivity index (χ3v) is 6.74. The van der Waals surface area contributed by atoms with E-state index in [4.69, 9.17) is 4.42 Å². The second-order valence-electron chi connectivity index (χ2n) is 8.52. The monoisotopic (exact) mass is 436 g/mol. The molecule has 164 valence electrons. The van der Waals surface area contributed by atoms with Crippen LogP contribution in [0.3, 0.4) is 0 Å². The Bertz CT molecular complexity index is 1170. The minimum Gasteiger partial charge on any atom is -0.450 e. The number of halogens is 5. The molecule has 0 bridgehead atoms. The van der Waals surface area contributed by atoms with Crippen molar-refractivity contribution in [1.82, 2.24) is 0 Å². The minimum absolute atomic E-state index is 0.158. The lowest BCUT2D eigenvalue weighted by atomic mass is 9.78. The topological polar surface area (TPSA) is 22.4 Å². The summed E-state index contributed by atoms with van der Waals surface area (Å²) in [5.41, 5.74) is 0.695. The fraction of sp³-hybridized carbons (Fsp3) is 0.417. The van der Waals surface area contributed by atoms with Crippen molar-refractivity contribution in [1.29, 1.82) is 0 Å². The van der Waals surface area contributed by atoms with Gasteiger partial charge in [-0.2, -0.15) is 4.39 Å². The van der Waals surface area contributed by atoms with Gasteiger partial charge in [-0.05, 0) is 54.9 Å². The Labute approximate surface area is 175 Å². The van der Waals surface area contributed by atoms with Crippen LogP contribution in [0.5, 0.6) is 5.75 Å². The summed E-state index contributed by atoms with van der Waals surface area (Å²) in [4.78, 5) is 0. The highest BCUT2D eigenvalue weighted by Crippen LogP contribution is 2.43. The van der Waals surface area contributed by atoms with Crippen molar-refractivity contribution >= 4 is 27.5 Å². The molecule has 3 aromatic rings. The molecular weight excluding hydrogens is 415 g/mol. The van der Waals surface area contributed by atoms with Gasteiger partial charge in [0.2, 0.25) is 5.82 Å². The molecule has 2 aliphatic rings. The first-order valence-electron chi connectivity index (χ1n) is 10.6.